The van der Waals surface area contributed by atoms with Crippen molar-refractivity contribution in [2.45, 2.75) is 31.4 Å². The molecule has 1 aliphatic carbocycles. The van der Waals surface area contributed by atoms with Crippen LogP contribution in [0.1, 0.15) is 19.8 Å². The van der Waals surface area contributed by atoms with E-state index in [4.69, 9.17) is 4.74 Å². The fraction of sp³-hybridized carbons (Fsp3) is 0.833. The predicted octanol–water partition coefficient (Wildman–Crippen LogP) is 1.02. The van der Waals surface area contributed by atoms with E-state index in [9.17, 15) is 0 Å². The predicted molar refractivity (Wildman–Crippen MR) is 62.0 cm³/mol. The van der Waals surface area contributed by atoms with E-state index in [1.54, 1.807) is 0 Å². The van der Waals surface area contributed by atoms with Crippen LogP contribution in [0.25, 0.3) is 0 Å². The van der Waals surface area contributed by atoms with Crippen LogP contribution in [0.4, 0.5) is 0 Å². The molecule has 0 aromatic rings. The molecule has 1 N–H and O–H groups in total. The van der Waals surface area contributed by atoms with Crippen LogP contribution in [0.2, 0.25) is 0 Å². The summed E-state index contributed by atoms with van der Waals surface area (Å²) in [4.78, 5) is 2.47. The largest absolute Gasteiger partial charge is 0.371 e. The van der Waals surface area contributed by atoms with Gasteiger partial charge in [-0.05, 0) is 19.8 Å². The van der Waals surface area contributed by atoms with Crippen molar-refractivity contribution in [1.29, 1.82) is 0 Å². The molecule has 15 heavy (non-hydrogen) atoms. The van der Waals surface area contributed by atoms with Crippen molar-refractivity contribution in [2.75, 3.05) is 32.8 Å². The van der Waals surface area contributed by atoms with Crippen molar-refractivity contribution < 1.29 is 4.74 Å². The summed E-state index contributed by atoms with van der Waals surface area (Å²) >= 11 is 0. The Hall–Kier alpha value is -0.380. The van der Waals surface area contributed by atoms with Crippen LogP contribution >= 0.6 is 0 Å². The van der Waals surface area contributed by atoms with Gasteiger partial charge in [0.05, 0.1) is 12.2 Å². The van der Waals surface area contributed by atoms with E-state index in [2.05, 4.69) is 23.7 Å². The number of nitrogens with one attached hydrogen (secondary N) is 1. The van der Waals surface area contributed by atoms with Crippen LogP contribution in [0, 0.1) is 0 Å². The third-order valence-electron chi connectivity index (χ3n) is 3.25. The lowest BCUT2D eigenvalue weighted by Crippen LogP contribution is -2.59. The van der Waals surface area contributed by atoms with Crippen LogP contribution in [0.15, 0.2) is 12.7 Å². The molecular formula is C12H22N2O. The second-order valence-corrected chi connectivity index (χ2v) is 4.92. The number of ether oxygens (including phenoxy) is 1. The third-order valence-corrected chi connectivity index (χ3v) is 3.25. The quantitative estimate of drug-likeness (QED) is 0.635. The highest BCUT2D eigenvalue weighted by Crippen LogP contribution is 2.26. The standard InChI is InChI=1S/C12H22N2O/c1-3-6-14(11-4-5-11)7-8-15-12(2)9-13-10-12/h3,11,13H,1,4-10H2,2H3. The summed E-state index contributed by atoms with van der Waals surface area (Å²) in [6, 6.07) is 0.805. The average Bonchev–Trinajstić information content (AvgIpc) is 2.97. The molecule has 2 aliphatic rings. The summed E-state index contributed by atoms with van der Waals surface area (Å²) < 4.78 is 5.88. The fourth-order valence-electron chi connectivity index (χ4n) is 2.02. The molecule has 0 amide bonds. The van der Waals surface area contributed by atoms with Gasteiger partial charge in [0.25, 0.3) is 0 Å². The van der Waals surface area contributed by atoms with E-state index in [1.807, 2.05) is 6.08 Å². The fourth-order valence-corrected chi connectivity index (χ4v) is 2.02. The summed E-state index contributed by atoms with van der Waals surface area (Å²) in [5.74, 6) is 0. The van der Waals surface area contributed by atoms with Gasteiger partial charge >= 0.3 is 0 Å². The molecule has 1 heterocycles. The van der Waals surface area contributed by atoms with Crippen molar-refractivity contribution in [3.8, 4) is 0 Å². The van der Waals surface area contributed by atoms with Gasteiger partial charge in [0.1, 0.15) is 0 Å². The molecule has 1 saturated carbocycles. The van der Waals surface area contributed by atoms with E-state index >= 15 is 0 Å². The maximum absolute atomic E-state index is 5.88. The number of hydrogen-bond acceptors (Lipinski definition) is 3. The minimum Gasteiger partial charge on any atom is -0.371 e. The third kappa shape index (κ3) is 3.03. The normalized spacial score (nSPS) is 23.9. The first-order valence-electron chi connectivity index (χ1n) is 5.93. The van der Waals surface area contributed by atoms with E-state index in [1.165, 1.54) is 12.8 Å². The summed E-state index contributed by atoms with van der Waals surface area (Å²) in [6.45, 7) is 10.9. The summed E-state index contributed by atoms with van der Waals surface area (Å²) in [5, 5.41) is 3.25. The van der Waals surface area contributed by atoms with Gasteiger partial charge < -0.3 is 10.1 Å². The lowest BCUT2D eigenvalue weighted by Gasteiger charge is -2.39. The molecule has 0 aromatic carbocycles. The lowest BCUT2D eigenvalue weighted by atomic mass is 10.0. The van der Waals surface area contributed by atoms with Crippen molar-refractivity contribution in [3.63, 3.8) is 0 Å². The molecule has 0 spiro atoms. The van der Waals surface area contributed by atoms with Gasteiger partial charge in [0.15, 0.2) is 0 Å². The van der Waals surface area contributed by atoms with Crippen molar-refractivity contribution in [3.05, 3.63) is 12.7 Å². The first-order chi connectivity index (χ1) is 7.23. The molecule has 2 rings (SSSR count). The van der Waals surface area contributed by atoms with E-state index in [0.717, 1.165) is 38.8 Å². The van der Waals surface area contributed by atoms with Crippen molar-refractivity contribution in [2.24, 2.45) is 0 Å². The Morgan fingerprint density at radius 2 is 2.27 bits per heavy atom. The van der Waals surface area contributed by atoms with Crippen LogP contribution in [0.3, 0.4) is 0 Å². The number of hydrogen-bond donors (Lipinski definition) is 1. The Bertz CT molecular complexity index is 222. The zero-order valence-corrected chi connectivity index (χ0v) is 9.67. The second-order valence-electron chi connectivity index (χ2n) is 4.92. The number of rotatable bonds is 7. The molecule has 0 radical (unpaired) electrons. The van der Waals surface area contributed by atoms with Gasteiger partial charge in [-0.2, -0.15) is 0 Å². The maximum Gasteiger partial charge on any atom is 0.0902 e. The first kappa shape index (κ1) is 11.1. The molecular weight excluding hydrogens is 188 g/mol. The van der Waals surface area contributed by atoms with Crippen LogP contribution in [-0.4, -0.2) is 49.3 Å². The van der Waals surface area contributed by atoms with E-state index in [0.29, 0.717) is 0 Å². The Morgan fingerprint density at radius 1 is 1.53 bits per heavy atom. The SMILES string of the molecule is C=CCN(CCOC1(C)CNC1)C1CC1. The molecule has 0 bridgehead atoms. The van der Waals surface area contributed by atoms with Gasteiger partial charge in [0, 0.05) is 32.2 Å². The minimum atomic E-state index is 0.101. The highest BCUT2D eigenvalue weighted by atomic mass is 16.5. The summed E-state index contributed by atoms with van der Waals surface area (Å²) in [6.07, 6.45) is 4.70. The summed E-state index contributed by atoms with van der Waals surface area (Å²) in [5.41, 5.74) is 0.101. The van der Waals surface area contributed by atoms with E-state index < -0.39 is 0 Å². The monoisotopic (exact) mass is 210 g/mol. The Balaban J connectivity index is 1.64. The van der Waals surface area contributed by atoms with Gasteiger partial charge in [-0.25, -0.2) is 0 Å². The zero-order valence-electron chi connectivity index (χ0n) is 9.67. The molecule has 3 heteroatoms. The molecule has 86 valence electrons. The van der Waals surface area contributed by atoms with E-state index in [-0.39, 0.29) is 5.60 Å². The second kappa shape index (κ2) is 4.64. The molecule has 0 aromatic heterocycles. The molecule has 0 atom stereocenters. The Labute approximate surface area is 92.5 Å². The Kier molecular flexibility index (Phi) is 3.44. The molecule has 1 saturated heterocycles. The van der Waals surface area contributed by atoms with Gasteiger partial charge in [-0.3, -0.25) is 4.90 Å². The lowest BCUT2D eigenvalue weighted by molar-refractivity contribution is -0.0720. The van der Waals surface area contributed by atoms with Gasteiger partial charge in [0.2, 0.25) is 0 Å². The minimum absolute atomic E-state index is 0.101. The van der Waals surface area contributed by atoms with Crippen LogP contribution in [0.5, 0.6) is 0 Å². The highest BCUT2D eigenvalue weighted by molar-refractivity contribution is 4.91. The smallest absolute Gasteiger partial charge is 0.0902 e. The number of nitrogens with zero attached hydrogens (tertiary/aromatic N) is 1. The van der Waals surface area contributed by atoms with Crippen LogP contribution < -0.4 is 5.32 Å². The molecule has 0 unspecified atom stereocenters. The first-order valence-corrected chi connectivity index (χ1v) is 5.93. The van der Waals surface area contributed by atoms with Crippen molar-refractivity contribution in [1.82, 2.24) is 10.2 Å². The zero-order chi connectivity index (χ0) is 10.7. The summed E-state index contributed by atoms with van der Waals surface area (Å²) in [7, 11) is 0. The molecule has 3 nitrogen and oxygen atoms in total. The van der Waals surface area contributed by atoms with Crippen LogP contribution in [-0.2, 0) is 4.74 Å². The van der Waals surface area contributed by atoms with Crippen molar-refractivity contribution >= 4 is 0 Å². The van der Waals surface area contributed by atoms with Gasteiger partial charge in [-0.1, -0.05) is 6.08 Å². The molecule has 1 aliphatic heterocycles. The topological polar surface area (TPSA) is 24.5 Å². The Morgan fingerprint density at radius 3 is 2.73 bits per heavy atom. The maximum atomic E-state index is 5.88. The molecule has 2 fully saturated rings. The average molecular weight is 210 g/mol. The highest BCUT2D eigenvalue weighted by Gasteiger charge is 2.33. The van der Waals surface area contributed by atoms with Gasteiger partial charge in [-0.15, -0.1) is 6.58 Å².